The second-order valence-electron chi connectivity index (χ2n) is 2.92. The fraction of sp³-hybridized carbons (Fsp3) is 0.111. The van der Waals surface area contributed by atoms with Crippen LogP contribution in [-0.4, -0.2) is 14.8 Å². The summed E-state index contributed by atoms with van der Waals surface area (Å²) in [6.45, 7) is 0.707. The molecule has 0 aliphatic heterocycles. The first kappa shape index (κ1) is 9.21. The van der Waals surface area contributed by atoms with Crippen LogP contribution in [0.25, 0.3) is 0 Å². The summed E-state index contributed by atoms with van der Waals surface area (Å²) < 4.78 is 2.61. The van der Waals surface area contributed by atoms with Crippen molar-refractivity contribution in [3.8, 4) is 0 Å². The monoisotopic (exact) mass is 252 g/mol. The van der Waals surface area contributed by atoms with E-state index in [1.807, 2.05) is 18.3 Å². The molecule has 0 spiro atoms. The molecule has 2 N–H and O–H groups in total. The largest absolute Gasteiger partial charge is 0.381 e. The lowest BCUT2D eigenvalue weighted by molar-refractivity contribution is 0.689. The molecule has 14 heavy (non-hydrogen) atoms. The van der Waals surface area contributed by atoms with Crippen molar-refractivity contribution in [2.75, 3.05) is 5.73 Å². The van der Waals surface area contributed by atoms with E-state index >= 15 is 0 Å². The van der Waals surface area contributed by atoms with Crippen molar-refractivity contribution in [1.29, 1.82) is 0 Å². The van der Waals surface area contributed by atoms with E-state index in [1.165, 1.54) is 0 Å². The van der Waals surface area contributed by atoms with Gasteiger partial charge in [0.15, 0.2) is 5.82 Å². The van der Waals surface area contributed by atoms with Crippen LogP contribution < -0.4 is 5.73 Å². The Morgan fingerprint density at radius 1 is 1.36 bits per heavy atom. The van der Waals surface area contributed by atoms with Gasteiger partial charge in [0, 0.05) is 18.6 Å². The number of aromatic nitrogens is 3. The van der Waals surface area contributed by atoms with E-state index in [0.29, 0.717) is 12.4 Å². The number of rotatable bonds is 2. The van der Waals surface area contributed by atoms with E-state index in [-0.39, 0.29) is 0 Å². The van der Waals surface area contributed by atoms with Gasteiger partial charge in [-0.3, -0.25) is 9.67 Å². The van der Waals surface area contributed by atoms with Gasteiger partial charge < -0.3 is 5.73 Å². The number of nitrogen functional groups attached to an aromatic ring is 1. The first-order valence-electron chi connectivity index (χ1n) is 4.13. The molecule has 2 aromatic rings. The zero-order valence-corrected chi connectivity index (χ0v) is 8.98. The minimum absolute atomic E-state index is 0.513. The van der Waals surface area contributed by atoms with Gasteiger partial charge in [-0.05, 0) is 33.6 Å². The van der Waals surface area contributed by atoms with Gasteiger partial charge in [0.05, 0.1) is 11.0 Å². The highest BCUT2D eigenvalue weighted by atomic mass is 79.9. The summed E-state index contributed by atoms with van der Waals surface area (Å²) in [5, 5.41) is 4.13. The Morgan fingerprint density at radius 3 is 2.64 bits per heavy atom. The maximum atomic E-state index is 5.60. The number of hydrogen-bond acceptors (Lipinski definition) is 3. The molecular weight excluding hydrogens is 244 g/mol. The molecule has 5 heteroatoms. The van der Waals surface area contributed by atoms with Crippen molar-refractivity contribution < 1.29 is 0 Å². The van der Waals surface area contributed by atoms with Crippen LogP contribution in [0.15, 0.2) is 35.2 Å². The molecule has 0 atom stereocenters. The standard InChI is InChI=1S/C9H9BrN4/c10-8-6-14(13-9(8)11)5-7-1-3-12-4-2-7/h1-4,6H,5H2,(H2,11,13). The Balaban J connectivity index is 2.19. The third-order valence-electron chi connectivity index (χ3n) is 1.84. The molecule has 0 saturated carbocycles. The van der Waals surface area contributed by atoms with Gasteiger partial charge in [-0.15, -0.1) is 0 Å². The van der Waals surface area contributed by atoms with Crippen molar-refractivity contribution >= 4 is 21.7 Å². The fourth-order valence-corrected chi connectivity index (χ4v) is 1.48. The molecule has 2 heterocycles. The topological polar surface area (TPSA) is 56.7 Å². The van der Waals surface area contributed by atoms with Gasteiger partial charge in [0.2, 0.25) is 0 Å². The molecular formula is C9H9BrN4. The van der Waals surface area contributed by atoms with Gasteiger partial charge in [0.1, 0.15) is 0 Å². The van der Waals surface area contributed by atoms with Crippen molar-refractivity contribution in [3.05, 3.63) is 40.8 Å². The van der Waals surface area contributed by atoms with Gasteiger partial charge >= 0.3 is 0 Å². The molecule has 0 aliphatic rings. The van der Waals surface area contributed by atoms with Crippen LogP contribution in [0.2, 0.25) is 0 Å². The van der Waals surface area contributed by atoms with Gasteiger partial charge in [0.25, 0.3) is 0 Å². The van der Waals surface area contributed by atoms with Crippen LogP contribution in [0.3, 0.4) is 0 Å². The van der Waals surface area contributed by atoms with Gasteiger partial charge in [-0.25, -0.2) is 0 Å². The average Bonchev–Trinajstić information content (AvgIpc) is 2.47. The summed E-state index contributed by atoms with van der Waals surface area (Å²) in [4.78, 5) is 3.95. The summed E-state index contributed by atoms with van der Waals surface area (Å²) in [6.07, 6.45) is 5.38. The molecule has 4 nitrogen and oxygen atoms in total. The number of hydrogen-bond donors (Lipinski definition) is 1. The van der Waals surface area contributed by atoms with E-state index < -0.39 is 0 Å². The Hall–Kier alpha value is -1.36. The lowest BCUT2D eigenvalue weighted by Crippen LogP contribution is -2.00. The molecule has 2 aromatic heterocycles. The molecule has 0 radical (unpaired) electrons. The Morgan fingerprint density at radius 2 is 2.07 bits per heavy atom. The smallest absolute Gasteiger partial charge is 0.159 e. The van der Waals surface area contributed by atoms with E-state index in [0.717, 1.165) is 10.0 Å². The molecule has 0 unspecified atom stereocenters. The third-order valence-corrected chi connectivity index (χ3v) is 2.45. The summed E-state index contributed by atoms with van der Waals surface area (Å²) in [7, 11) is 0. The second-order valence-corrected chi connectivity index (χ2v) is 3.77. The summed E-state index contributed by atoms with van der Waals surface area (Å²) in [5.74, 6) is 0.513. The highest BCUT2D eigenvalue weighted by Gasteiger charge is 2.02. The first-order valence-corrected chi connectivity index (χ1v) is 4.92. The van der Waals surface area contributed by atoms with Crippen LogP contribution in [0, 0.1) is 0 Å². The van der Waals surface area contributed by atoms with Crippen LogP contribution in [0.4, 0.5) is 5.82 Å². The Labute approximate surface area is 89.9 Å². The molecule has 0 aliphatic carbocycles. The first-order chi connectivity index (χ1) is 6.75. The van der Waals surface area contributed by atoms with Gasteiger partial charge in [-0.2, -0.15) is 5.10 Å². The zero-order valence-electron chi connectivity index (χ0n) is 7.39. The number of nitrogens with zero attached hydrogens (tertiary/aromatic N) is 3. The molecule has 72 valence electrons. The SMILES string of the molecule is Nc1nn(Cc2ccncc2)cc1Br. The van der Waals surface area contributed by atoms with Crippen molar-refractivity contribution in [2.24, 2.45) is 0 Å². The summed E-state index contributed by atoms with van der Waals surface area (Å²) in [6, 6.07) is 3.90. The van der Waals surface area contributed by atoms with Crippen molar-refractivity contribution in [2.45, 2.75) is 6.54 Å². The number of halogens is 1. The molecule has 2 rings (SSSR count). The van der Waals surface area contributed by atoms with E-state index in [4.69, 9.17) is 5.73 Å². The molecule has 0 amide bonds. The highest BCUT2D eigenvalue weighted by molar-refractivity contribution is 9.10. The maximum absolute atomic E-state index is 5.60. The Bertz CT molecular complexity index is 404. The molecule has 0 bridgehead atoms. The second kappa shape index (κ2) is 3.79. The van der Waals surface area contributed by atoms with Crippen LogP contribution in [0.5, 0.6) is 0 Å². The molecule has 0 fully saturated rings. The van der Waals surface area contributed by atoms with Crippen molar-refractivity contribution in [1.82, 2.24) is 14.8 Å². The van der Waals surface area contributed by atoms with Crippen molar-refractivity contribution in [3.63, 3.8) is 0 Å². The van der Waals surface area contributed by atoms with Crippen LogP contribution in [-0.2, 0) is 6.54 Å². The Kier molecular flexibility index (Phi) is 2.49. The molecule has 0 saturated heterocycles. The number of anilines is 1. The van der Waals surface area contributed by atoms with Gasteiger partial charge in [-0.1, -0.05) is 0 Å². The quantitative estimate of drug-likeness (QED) is 0.885. The minimum Gasteiger partial charge on any atom is -0.381 e. The lowest BCUT2D eigenvalue weighted by Gasteiger charge is -1.99. The normalized spacial score (nSPS) is 10.4. The third kappa shape index (κ3) is 1.93. The van der Waals surface area contributed by atoms with Crippen LogP contribution >= 0.6 is 15.9 Å². The van der Waals surface area contributed by atoms with E-state index in [2.05, 4.69) is 26.0 Å². The predicted octanol–water partition coefficient (Wildman–Crippen LogP) is 1.67. The fourth-order valence-electron chi connectivity index (χ4n) is 1.17. The van der Waals surface area contributed by atoms with E-state index in [9.17, 15) is 0 Å². The number of nitrogens with two attached hydrogens (primary N) is 1. The lowest BCUT2D eigenvalue weighted by atomic mass is 10.3. The van der Waals surface area contributed by atoms with Crippen LogP contribution in [0.1, 0.15) is 5.56 Å². The van der Waals surface area contributed by atoms with E-state index in [1.54, 1.807) is 17.1 Å². The molecule has 0 aromatic carbocycles. The predicted molar refractivity (Wildman–Crippen MR) is 57.7 cm³/mol. The minimum atomic E-state index is 0.513. The summed E-state index contributed by atoms with van der Waals surface area (Å²) in [5.41, 5.74) is 6.75. The average molecular weight is 253 g/mol. The maximum Gasteiger partial charge on any atom is 0.159 e. The number of pyridine rings is 1. The summed E-state index contributed by atoms with van der Waals surface area (Å²) >= 11 is 3.31. The highest BCUT2D eigenvalue weighted by Crippen LogP contribution is 2.16. The zero-order chi connectivity index (χ0) is 9.97.